The molecule has 4 aliphatic rings. The average Bonchev–Trinajstić information content (AvgIpc) is 2.67. The summed E-state index contributed by atoms with van der Waals surface area (Å²) in [5.74, 6) is 0.960. The van der Waals surface area contributed by atoms with E-state index in [0.29, 0.717) is 6.04 Å². The van der Waals surface area contributed by atoms with Crippen molar-refractivity contribution >= 4 is 0 Å². The highest BCUT2D eigenvalue weighted by Crippen LogP contribution is 2.33. The lowest BCUT2D eigenvalue weighted by Crippen LogP contribution is -2.54. The van der Waals surface area contributed by atoms with Crippen molar-refractivity contribution in [3.8, 4) is 0 Å². The zero-order valence-electron chi connectivity index (χ0n) is 19.0. The predicted molar refractivity (Wildman–Crippen MR) is 119 cm³/mol. The minimum atomic E-state index is 0.715. The lowest BCUT2D eigenvalue weighted by atomic mass is 9.81. The summed E-state index contributed by atoms with van der Waals surface area (Å²) in [6.07, 6.45) is 11.7. The molecule has 3 atom stereocenters. The van der Waals surface area contributed by atoms with Gasteiger partial charge in [0.05, 0.1) is 0 Å². The first-order chi connectivity index (χ1) is 13.6. The van der Waals surface area contributed by atoms with Crippen LogP contribution >= 0.6 is 0 Å². The van der Waals surface area contributed by atoms with E-state index in [1.165, 1.54) is 104 Å². The van der Waals surface area contributed by atoms with Crippen LogP contribution in [0.4, 0.5) is 0 Å². The molecule has 3 unspecified atom stereocenters. The van der Waals surface area contributed by atoms with Crippen LogP contribution in [-0.2, 0) is 0 Å². The molecule has 0 radical (unpaired) electrons. The molecular formula is C24H46N4. The average molecular weight is 391 g/mol. The van der Waals surface area contributed by atoms with Crippen LogP contribution in [0.3, 0.4) is 0 Å². The van der Waals surface area contributed by atoms with Crippen molar-refractivity contribution in [3.05, 3.63) is 0 Å². The third-order valence-electron chi connectivity index (χ3n) is 8.59. The molecule has 2 saturated heterocycles. The molecule has 2 saturated carbocycles. The van der Waals surface area contributed by atoms with E-state index in [2.05, 4.69) is 40.4 Å². The number of hydrogen-bond donors (Lipinski definition) is 0. The van der Waals surface area contributed by atoms with E-state index < -0.39 is 0 Å². The number of hydrogen-bond acceptors (Lipinski definition) is 4. The fraction of sp³-hybridized carbons (Fsp3) is 1.00. The van der Waals surface area contributed by atoms with Crippen molar-refractivity contribution in [2.75, 3.05) is 52.4 Å². The first-order valence-electron chi connectivity index (χ1n) is 12.6. The molecule has 0 N–H and O–H groups in total. The summed E-state index contributed by atoms with van der Waals surface area (Å²) in [5.41, 5.74) is 0. The molecule has 0 bridgehead atoms. The summed E-state index contributed by atoms with van der Waals surface area (Å²) in [7, 11) is 0. The highest BCUT2D eigenvalue weighted by molar-refractivity contribution is 4.88. The van der Waals surface area contributed by atoms with Crippen LogP contribution in [0, 0.1) is 5.92 Å². The molecule has 0 aromatic rings. The number of rotatable bonds is 6. The SMILES string of the molecule is CC(C)N1CCN(C2CCCC(CC(C)N3CCN(C4CCC4)CC3)C2)CC1. The van der Waals surface area contributed by atoms with Gasteiger partial charge in [0.15, 0.2) is 0 Å². The van der Waals surface area contributed by atoms with Gasteiger partial charge in [0, 0.05) is 76.5 Å². The second kappa shape index (κ2) is 9.76. The molecule has 0 aromatic heterocycles. The zero-order chi connectivity index (χ0) is 19.5. The monoisotopic (exact) mass is 390 g/mol. The van der Waals surface area contributed by atoms with Gasteiger partial charge in [0.1, 0.15) is 0 Å². The molecule has 4 nitrogen and oxygen atoms in total. The Balaban J connectivity index is 1.19. The molecule has 0 spiro atoms. The minimum absolute atomic E-state index is 0.715. The van der Waals surface area contributed by atoms with Crippen LogP contribution in [0.1, 0.15) is 72.1 Å². The third kappa shape index (κ3) is 5.11. The topological polar surface area (TPSA) is 13.0 Å². The number of nitrogens with zero attached hydrogens (tertiary/aromatic N) is 4. The summed E-state index contributed by atoms with van der Waals surface area (Å²) in [6.45, 7) is 17.6. The van der Waals surface area contributed by atoms with Crippen molar-refractivity contribution in [3.63, 3.8) is 0 Å². The van der Waals surface area contributed by atoms with Crippen molar-refractivity contribution in [2.24, 2.45) is 5.92 Å². The van der Waals surface area contributed by atoms with Crippen LogP contribution in [0.5, 0.6) is 0 Å². The molecular weight excluding hydrogens is 344 g/mol. The van der Waals surface area contributed by atoms with Crippen LogP contribution in [0.15, 0.2) is 0 Å². The lowest BCUT2D eigenvalue weighted by Gasteiger charge is -2.46. The summed E-state index contributed by atoms with van der Waals surface area (Å²) in [5, 5.41) is 0. The summed E-state index contributed by atoms with van der Waals surface area (Å²) < 4.78 is 0. The van der Waals surface area contributed by atoms with E-state index in [-0.39, 0.29) is 0 Å². The molecule has 28 heavy (non-hydrogen) atoms. The lowest BCUT2D eigenvalue weighted by molar-refractivity contribution is 0.0303. The Labute approximate surface area is 174 Å². The predicted octanol–water partition coefficient (Wildman–Crippen LogP) is 3.52. The van der Waals surface area contributed by atoms with Gasteiger partial charge < -0.3 is 0 Å². The maximum absolute atomic E-state index is 2.84. The van der Waals surface area contributed by atoms with Gasteiger partial charge in [-0.15, -0.1) is 0 Å². The maximum Gasteiger partial charge on any atom is 0.0113 e. The molecule has 2 heterocycles. The van der Waals surface area contributed by atoms with E-state index >= 15 is 0 Å². The van der Waals surface area contributed by atoms with E-state index in [0.717, 1.165) is 24.0 Å². The molecule has 162 valence electrons. The van der Waals surface area contributed by atoms with Crippen molar-refractivity contribution < 1.29 is 0 Å². The summed E-state index contributed by atoms with van der Waals surface area (Å²) in [6, 6.07) is 3.31. The summed E-state index contributed by atoms with van der Waals surface area (Å²) in [4.78, 5) is 11.1. The third-order valence-corrected chi connectivity index (χ3v) is 8.59. The summed E-state index contributed by atoms with van der Waals surface area (Å²) >= 11 is 0. The van der Waals surface area contributed by atoms with Crippen LogP contribution in [0.2, 0.25) is 0 Å². The van der Waals surface area contributed by atoms with Gasteiger partial charge in [-0.1, -0.05) is 19.3 Å². The quantitative estimate of drug-likeness (QED) is 0.688. The molecule has 4 heteroatoms. The fourth-order valence-corrected chi connectivity index (χ4v) is 6.35. The smallest absolute Gasteiger partial charge is 0.0113 e. The minimum Gasteiger partial charge on any atom is -0.298 e. The van der Waals surface area contributed by atoms with Gasteiger partial charge in [-0.3, -0.25) is 19.6 Å². The van der Waals surface area contributed by atoms with E-state index in [4.69, 9.17) is 0 Å². The molecule has 0 amide bonds. The normalized spacial score (nSPS) is 33.9. The molecule has 2 aliphatic heterocycles. The second-order valence-corrected chi connectivity index (χ2v) is 10.6. The Hall–Kier alpha value is -0.160. The molecule has 4 fully saturated rings. The highest BCUT2D eigenvalue weighted by atomic mass is 15.3. The number of piperazine rings is 2. The van der Waals surface area contributed by atoms with E-state index in [1.807, 2.05) is 0 Å². The van der Waals surface area contributed by atoms with Crippen LogP contribution in [-0.4, -0.2) is 96.1 Å². The Kier molecular flexibility index (Phi) is 7.35. The Morgan fingerprint density at radius 1 is 0.643 bits per heavy atom. The fourth-order valence-electron chi connectivity index (χ4n) is 6.35. The second-order valence-electron chi connectivity index (χ2n) is 10.6. The molecule has 2 aliphatic carbocycles. The van der Waals surface area contributed by atoms with Crippen molar-refractivity contribution in [1.29, 1.82) is 0 Å². The van der Waals surface area contributed by atoms with Crippen molar-refractivity contribution in [1.82, 2.24) is 19.6 Å². The Morgan fingerprint density at radius 2 is 1.18 bits per heavy atom. The van der Waals surface area contributed by atoms with Gasteiger partial charge in [-0.25, -0.2) is 0 Å². The van der Waals surface area contributed by atoms with Gasteiger partial charge in [-0.2, -0.15) is 0 Å². The van der Waals surface area contributed by atoms with E-state index in [9.17, 15) is 0 Å². The van der Waals surface area contributed by atoms with Crippen LogP contribution < -0.4 is 0 Å². The molecule has 0 aromatic carbocycles. The van der Waals surface area contributed by atoms with Crippen LogP contribution in [0.25, 0.3) is 0 Å². The zero-order valence-corrected chi connectivity index (χ0v) is 19.0. The maximum atomic E-state index is 2.84. The van der Waals surface area contributed by atoms with Gasteiger partial charge in [-0.05, 0) is 58.8 Å². The van der Waals surface area contributed by atoms with Gasteiger partial charge in [0.2, 0.25) is 0 Å². The van der Waals surface area contributed by atoms with Gasteiger partial charge >= 0.3 is 0 Å². The standard InChI is InChI=1S/C24H46N4/c1-20(2)25-10-14-28(15-11-25)24-9-4-6-22(19-24)18-21(3)26-12-16-27(17-13-26)23-7-5-8-23/h20-24H,4-19H2,1-3H3. The Bertz CT molecular complexity index is 461. The van der Waals surface area contributed by atoms with Crippen molar-refractivity contribution in [2.45, 2.75) is 96.3 Å². The van der Waals surface area contributed by atoms with E-state index in [1.54, 1.807) is 0 Å². The highest BCUT2D eigenvalue weighted by Gasteiger charge is 2.33. The largest absolute Gasteiger partial charge is 0.298 e. The Morgan fingerprint density at radius 3 is 1.75 bits per heavy atom. The molecule has 4 rings (SSSR count). The first kappa shape index (κ1) is 21.1. The first-order valence-corrected chi connectivity index (χ1v) is 12.6. The van der Waals surface area contributed by atoms with Gasteiger partial charge in [0.25, 0.3) is 0 Å².